The van der Waals surface area contributed by atoms with Gasteiger partial charge in [0, 0.05) is 45.8 Å². The zero-order chi connectivity index (χ0) is 19.2. The Kier molecular flexibility index (Phi) is 6.67. The van der Waals surface area contributed by atoms with Crippen molar-refractivity contribution in [2.75, 3.05) is 65.7 Å². The SMILES string of the molecule is O=C(CN1CCN(Cc2ccc3c(c2)OCO3)CC1)NCCN1CCCCC1. The van der Waals surface area contributed by atoms with E-state index in [4.69, 9.17) is 9.47 Å². The maximum absolute atomic E-state index is 12.2. The summed E-state index contributed by atoms with van der Waals surface area (Å²) in [5.74, 6) is 1.83. The van der Waals surface area contributed by atoms with Gasteiger partial charge in [0.2, 0.25) is 12.7 Å². The van der Waals surface area contributed by atoms with E-state index in [1.54, 1.807) is 0 Å². The van der Waals surface area contributed by atoms with Gasteiger partial charge >= 0.3 is 0 Å². The zero-order valence-corrected chi connectivity index (χ0v) is 16.7. The molecule has 1 N–H and O–H groups in total. The van der Waals surface area contributed by atoms with Gasteiger partial charge in [-0.25, -0.2) is 0 Å². The van der Waals surface area contributed by atoms with Crippen LogP contribution in [-0.2, 0) is 11.3 Å². The molecule has 7 heteroatoms. The highest BCUT2D eigenvalue weighted by Crippen LogP contribution is 2.32. The molecule has 1 amide bonds. The number of fused-ring (bicyclic) bond motifs is 1. The van der Waals surface area contributed by atoms with Crippen LogP contribution in [0.3, 0.4) is 0 Å². The summed E-state index contributed by atoms with van der Waals surface area (Å²) in [4.78, 5) is 19.4. The Morgan fingerprint density at radius 1 is 0.893 bits per heavy atom. The van der Waals surface area contributed by atoms with Crippen molar-refractivity contribution in [1.29, 1.82) is 0 Å². The quantitative estimate of drug-likeness (QED) is 0.756. The molecule has 0 aromatic heterocycles. The normalized spacial score (nSPS) is 21.0. The lowest BCUT2D eigenvalue weighted by atomic mass is 10.1. The molecule has 0 spiro atoms. The Bertz CT molecular complexity index is 655. The number of piperidine rings is 1. The number of hydrogen-bond acceptors (Lipinski definition) is 6. The molecule has 1 aromatic rings. The third-order valence-corrected chi connectivity index (χ3v) is 5.87. The van der Waals surface area contributed by atoms with Crippen LogP contribution in [0.25, 0.3) is 0 Å². The third kappa shape index (κ3) is 5.37. The molecule has 3 aliphatic rings. The first-order valence-electron chi connectivity index (χ1n) is 10.6. The number of hydrogen-bond donors (Lipinski definition) is 1. The second-order valence-electron chi connectivity index (χ2n) is 7.99. The third-order valence-electron chi connectivity index (χ3n) is 5.87. The molecule has 7 nitrogen and oxygen atoms in total. The van der Waals surface area contributed by atoms with Crippen molar-refractivity contribution in [1.82, 2.24) is 20.0 Å². The van der Waals surface area contributed by atoms with Crippen LogP contribution in [0.1, 0.15) is 24.8 Å². The Morgan fingerprint density at radius 2 is 1.64 bits per heavy atom. The molecule has 0 aliphatic carbocycles. The summed E-state index contributed by atoms with van der Waals surface area (Å²) in [7, 11) is 0. The van der Waals surface area contributed by atoms with Gasteiger partial charge in [-0.05, 0) is 43.6 Å². The van der Waals surface area contributed by atoms with E-state index in [2.05, 4.69) is 32.1 Å². The first kappa shape index (κ1) is 19.5. The number of rotatable bonds is 7. The molecule has 1 aromatic carbocycles. The predicted molar refractivity (Wildman–Crippen MR) is 108 cm³/mol. The van der Waals surface area contributed by atoms with Crippen LogP contribution in [0, 0.1) is 0 Å². The minimum atomic E-state index is 0.154. The summed E-state index contributed by atoms with van der Waals surface area (Å²) in [6, 6.07) is 6.17. The van der Waals surface area contributed by atoms with Crippen LogP contribution in [0.2, 0.25) is 0 Å². The Labute approximate surface area is 167 Å². The van der Waals surface area contributed by atoms with Gasteiger partial charge in [0.15, 0.2) is 11.5 Å². The van der Waals surface area contributed by atoms with E-state index in [9.17, 15) is 4.79 Å². The Morgan fingerprint density at radius 3 is 2.46 bits per heavy atom. The molecule has 0 atom stereocenters. The summed E-state index contributed by atoms with van der Waals surface area (Å²) < 4.78 is 10.8. The van der Waals surface area contributed by atoms with Crippen molar-refractivity contribution in [3.8, 4) is 11.5 Å². The maximum atomic E-state index is 12.2. The number of benzene rings is 1. The van der Waals surface area contributed by atoms with Gasteiger partial charge in [0.05, 0.1) is 6.54 Å². The number of amides is 1. The standard InChI is InChI=1S/C21H32N4O3/c26-21(22-6-9-23-7-2-1-3-8-23)16-25-12-10-24(11-13-25)15-18-4-5-19-20(14-18)28-17-27-19/h4-5,14H,1-3,6-13,15-17H2,(H,22,26). The summed E-state index contributed by atoms with van der Waals surface area (Å²) >= 11 is 0. The van der Waals surface area contributed by atoms with E-state index < -0.39 is 0 Å². The van der Waals surface area contributed by atoms with Gasteiger partial charge in [0.1, 0.15) is 0 Å². The molecule has 0 bridgehead atoms. The van der Waals surface area contributed by atoms with Crippen LogP contribution in [-0.4, -0.2) is 86.3 Å². The topological polar surface area (TPSA) is 57.3 Å². The molecule has 2 fully saturated rings. The number of nitrogens with one attached hydrogen (secondary N) is 1. The minimum absolute atomic E-state index is 0.154. The van der Waals surface area contributed by atoms with E-state index in [0.717, 1.165) is 57.3 Å². The van der Waals surface area contributed by atoms with Gasteiger partial charge in [-0.2, -0.15) is 0 Å². The smallest absolute Gasteiger partial charge is 0.234 e. The average Bonchev–Trinajstić information content (AvgIpc) is 3.18. The molecular weight excluding hydrogens is 356 g/mol. The fraction of sp³-hybridized carbons (Fsp3) is 0.667. The number of piperazine rings is 1. The second-order valence-corrected chi connectivity index (χ2v) is 7.99. The first-order valence-corrected chi connectivity index (χ1v) is 10.6. The van der Waals surface area contributed by atoms with Gasteiger partial charge in [-0.1, -0.05) is 12.5 Å². The highest BCUT2D eigenvalue weighted by Gasteiger charge is 2.20. The molecule has 0 unspecified atom stereocenters. The lowest BCUT2D eigenvalue weighted by molar-refractivity contribution is -0.122. The zero-order valence-electron chi connectivity index (χ0n) is 16.7. The van der Waals surface area contributed by atoms with Crippen molar-refractivity contribution in [2.24, 2.45) is 0 Å². The van der Waals surface area contributed by atoms with E-state index in [1.165, 1.54) is 37.9 Å². The lowest BCUT2D eigenvalue weighted by Gasteiger charge is -2.34. The summed E-state index contributed by atoms with van der Waals surface area (Å²) in [6.07, 6.45) is 3.94. The fourth-order valence-electron chi connectivity index (χ4n) is 4.20. The van der Waals surface area contributed by atoms with Crippen LogP contribution >= 0.6 is 0 Å². The van der Waals surface area contributed by atoms with Crippen molar-refractivity contribution in [2.45, 2.75) is 25.8 Å². The minimum Gasteiger partial charge on any atom is -0.454 e. The molecule has 0 saturated carbocycles. The number of nitrogens with zero attached hydrogens (tertiary/aromatic N) is 3. The number of likely N-dealkylation sites (tertiary alicyclic amines) is 1. The molecule has 2 saturated heterocycles. The van der Waals surface area contributed by atoms with Gasteiger partial charge < -0.3 is 19.7 Å². The monoisotopic (exact) mass is 388 g/mol. The first-order chi connectivity index (χ1) is 13.8. The van der Waals surface area contributed by atoms with Crippen LogP contribution in [0.4, 0.5) is 0 Å². The van der Waals surface area contributed by atoms with Crippen molar-refractivity contribution < 1.29 is 14.3 Å². The lowest BCUT2D eigenvalue weighted by Crippen LogP contribution is -2.49. The highest BCUT2D eigenvalue weighted by molar-refractivity contribution is 5.78. The van der Waals surface area contributed by atoms with E-state index in [1.807, 2.05) is 6.07 Å². The van der Waals surface area contributed by atoms with E-state index in [0.29, 0.717) is 13.3 Å². The molecule has 28 heavy (non-hydrogen) atoms. The Balaban J connectivity index is 1.12. The van der Waals surface area contributed by atoms with E-state index in [-0.39, 0.29) is 5.91 Å². The predicted octanol–water partition coefficient (Wildman–Crippen LogP) is 1.14. The largest absolute Gasteiger partial charge is 0.454 e. The van der Waals surface area contributed by atoms with Crippen LogP contribution in [0.5, 0.6) is 11.5 Å². The number of carbonyl (C=O) groups excluding carboxylic acids is 1. The van der Waals surface area contributed by atoms with E-state index >= 15 is 0 Å². The summed E-state index contributed by atoms with van der Waals surface area (Å²) in [6.45, 7) is 9.68. The van der Waals surface area contributed by atoms with Crippen molar-refractivity contribution in [3.05, 3.63) is 23.8 Å². The average molecular weight is 389 g/mol. The van der Waals surface area contributed by atoms with Gasteiger partial charge in [-0.3, -0.25) is 14.6 Å². The van der Waals surface area contributed by atoms with Gasteiger partial charge in [-0.15, -0.1) is 0 Å². The molecule has 3 heterocycles. The van der Waals surface area contributed by atoms with Crippen LogP contribution < -0.4 is 14.8 Å². The number of carbonyl (C=O) groups is 1. The second kappa shape index (κ2) is 9.58. The van der Waals surface area contributed by atoms with Crippen LogP contribution in [0.15, 0.2) is 18.2 Å². The molecule has 154 valence electrons. The molecular formula is C21H32N4O3. The van der Waals surface area contributed by atoms with Crippen molar-refractivity contribution in [3.63, 3.8) is 0 Å². The number of ether oxygens (including phenoxy) is 2. The van der Waals surface area contributed by atoms with Crippen molar-refractivity contribution >= 4 is 5.91 Å². The summed E-state index contributed by atoms with van der Waals surface area (Å²) in [5, 5.41) is 3.09. The van der Waals surface area contributed by atoms with Gasteiger partial charge in [0.25, 0.3) is 0 Å². The molecule has 4 rings (SSSR count). The summed E-state index contributed by atoms with van der Waals surface area (Å²) in [5.41, 5.74) is 1.24. The highest BCUT2D eigenvalue weighted by atomic mass is 16.7. The fourth-order valence-corrected chi connectivity index (χ4v) is 4.20. The maximum Gasteiger partial charge on any atom is 0.234 e. The molecule has 3 aliphatic heterocycles. The Hall–Kier alpha value is -1.83. The molecule has 0 radical (unpaired) electrons.